The summed E-state index contributed by atoms with van der Waals surface area (Å²) in [7, 11) is -6.37. The third kappa shape index (κ3) is 5.27. The Morgan fingerprint density at radius 3 is 2.37 bits per heavy atom. The molecule has 0 aromatic heterocycles. The van der Waals surface area contributed by atoms with E-state index in [9.17, 15) is 45.2 Å². The lowest BCUT2D eigenvalue weighted by atomic mass is 9.44. The van der Waals surface area contributed by atoms with Crippen LogP contribution in [0.25, 0.3) is 0 Å². The molecular formula is C28H38F4O8S. The second kappa shape index (κ2) is 10.7. The molecular weight excluding hydrogens is 572 g/mol. The molecule has 0 heterocycles. The summed E-state index contributed by atoms with van der Waals surface area (Å²) in [5.74, 6) is -6.51. The van der Waals surface area contributed by atoms with E-state index < -0.39 is 45.7 Å². The van der Waals surface area contributed by atoms with Crippen LogP contribution in [0.2, 0.25) is 0 Å². The first-order chi connectivity index (χ1) is 18.8. The second-order valence-corrected chi connectivity index (χ2v) is 14.6. The standard InChI is InChI=1S/C28H38F4O8S/c1-15(4-7-23(36)40-11-10-27(29,30)28(31,32)41(37,38)39)18-5-6-19-24-20(14-22(35)26(18,19)3)25(2)9-8-17(33)12-16(25)13-21(24)34/h15-16,18-20,24H,4-14H2,1-3H3,(H,37,38,39)/t15-,16?,18-,19?,20?,24+,25+,26-/m1/s1. The summed E-state index contributed by atoms with van der Waals surface area (Å²) in [5.41, 5.74) is -1.00. The molecule has 8 atom stereocenters. The molecule has 0 spiro atoms. The van der Waals surface area contributed by atoms with Crippen LogP contribution in [0.1, 0.15) is 85.0 Å². The van der Waals surface area contributed by atoms with Gasteiger partial charge in [0.15, 0.2) is 0 Å². The fraction of sp³-hybridized carbons (Fsp3) is 0.857. The molecule has 4 fully saturated rings. The lowest BCUT2D eigenvalue weighted by Gasteiger charge is -2.58. The van der Waals surface area contributed by atoms with Crippen molar-refractivity contribution in [3.63, 3.8) is 0 Å². The molecule has 232 valence electrons. The van der Waals surface area contributed by atoms with Gasteiger partial charge >= 0.3 is 27.3 Å². The fourth-order valence-electron chi connectivity index (χ4n) is 8.64. The fourth-order valence-corrected chi connectivity index (χ4v) is 9.12. The first-order valence-electron chi connectivity index (χ1n) is 14.2. The topological polar surface area (TPSA) is 132 Å². The van der Waals surface area contributed by atoms with Gasteiger partial charge in [0, 0.05) is 43.4 Å². The van der Waals surface area contributed by atoms with Gasteiger partial charge in [-0.1, -0.05) is 20.8 Å². The zero-order chi connectivity index (χ0) is 30.8. The third-order valence-corrected chi connectivity index (χ3v) is 12.1. The lowest BCUT2D eigenvalue weighted by Crippen LogP contribution is -2.60. The van der Waals surface area contributed by atoms with Crippen LogP contribution in [0.3, 0.4) is 0 Å². The normalized spacial score (nSPS) is 36.8. The molecule has 0 aliphatic heterocycles. The van der Waals surface area contributed by atoms with E-state index in [0.717, 1.165) is 0 Å². The molecule has 0 bridgehead atoms. The maximum Gasteiger partial charge on any atom is 0.431 e. The van der Waals surface area contributed by atoms with Crippen molar-refractivity contribution in [2.75, 3.05) is 6.61 Å². The Morgan fingerprint density at radius 2 is 1.73 bits per heavy atom. The first-order valence-corrected chi connectivity index (χ1v) is 15.7. The van der Waals surface area contributed by atoms with Crippen LogP contribution in [0.4, 0.5) is 17.6 Å². The highest BCUT2D eigenvalue weighted by atomic mass is 32.2. The summed E-state index contributed by atoms with van der Waals surface area (Å²) in [6.07, 6.45) is 1.73. The quantitative estimate of drug-likeness (QED) is 0.218. The highest BCUT2D eigenvalue weighted by Crippen LogP contribution is 2.66. The van der Waals surface area contributed by atoms with E-state index in [0.29, 0.717) is 38.5 Å². The lowest BCUT2D eigenvalue weighted by molar-refractivity contribution is -0.174. The Kier molecular flexibility index (Phi) is 8.34. The van der Waals surface area contributed by atoms with Gasteiger partial charge in [-0.2, -0.15) is 26.0 Å². The van der Waals surface area contributed by atoms with E-state index in [1.54, 1.807) is 0 Å². The minimum atomic E-state index is -6.37. The van der Waals surface area contributed by atoms with E-state index in [-0.39, 0.29) is 77.5 Å². The van der Waals surface area contributed by atoms with E-state index in [4.69, 9.17) is 4.55 Å². The Hall–Kier alpha value is -1.89. The predicted octanol–water partition coefficient (Wildman–Crippen LogP) is 5.04. The van der Waals surface area contributed by atoms with Crippen molar-refractivity contribution in [3.05, 3.63) is 0 Å². The first kappa shape index (κ1) is 32.0. The predicted molar refractivity (Wildman–Crippen MR) is 136 cm³/mol. The van der Waals surface area contributed by atoms with Crippen molar-refractivity contribution < 1.29 is 54.4 Å². The zero-order valence-corrected chi connectivity index (χ0v) is 24.3. The number of alkyl halides is 4. The molecule has 0 radical (unpaired) electrons. The summed E-state index contributed by atoms with van der Waals surface area (Å²) in [6, 6.07) is 0. The van der Waals surface area contributed by atoms with Crippen molar-refractivity contribution in [2.24, 2.45) is 46.3 Å². The third-order valence-electron chi connectivity index (χ3n) is 11.1. The van der Waals surface area contributed by atoms with Crippen LogP contribution in [0.5, 0.6) is 0 Å². The van der Waals surface area contributed by atoms with Crippen LogP contribution in [-0.2, 0) is 34.0 Å². The van der Waals surface area contributed by atoms with Crippen LogP contribution in [0, 0.1) is 46.3 Å². The molecule has 0 aromatic rings. The molecule has 0 aromatic carbocycles. The average Bonchev–Trinajstić information content (AvgIpc) is 3.22. The van der Waals surface area contributed by atoms with Crippen LogP contribution >= 0.6 is 0 Å². The summed E-state index contributed by atoms with van der Waals surface area (Å²) < 4.78 is 88.1. The van der Waals surface area contributed by atoms with E-state index in [2.05, 4.69) is 11.7 Å². The number of carbonyl (C=O) groups is 4. The molecule has 3 unspecified atom stereocenters. The molecule has 0 saturated heterocycles. The number of carbonyl (C=O) groups excluding carboxylic acids is 4. The minimum absolute atomic E-state index is 0.0315. The number of hydrogen-bond acceptors (Lipinski definition) is 7. The van der Waals surface area contributed by atoms with Gasteiger partial charge in [-0.05, 0) is 60.7 Å². The maximum atomic E-state index is 13.8. The van der Waals surface area contributed by atoms with Crippen molar-refractivity contribution >= 4 is 33.4 Å². The van der Waals surface area contributed by atoms with Gasteiger partial charge in [0.25, 0.3) is 0 Å². The summed E-state index contributed by atoms with van der Waals surface area (Å²) in [6.45, 7) is 4.74. The Labute approximate surface area is 237 Å². The number of ether oxygens (including phenoxy) is 1. The number of halogens is 4. The molecule has 4 rings (SSSR count). The molecule has 8 nitrogen and oxygen atoms in total. The van der Waals surface area contributed by atoms with Crippen molar-refractivity contribution in [3.8, 4) is 0 Å². The number of Topliss-reactive ketones (excluding diaryl/α,β-unsaturated/α-hetero) is 3. The van der Waals surface area contributed by atoms with Gasteiger partial charge in [0.1, 0.15) is 17.3 Å². The Balaban J connectivity index is 1.37. The van der Waals surface area contributed by atoms with Crippen molar-refractivity contribution in [2.45, 2.75) is 96.2 Å². The number of ketones is 3. The smallest absolute Gasteiger partial charge is 0.431 e. The van der Waals surface area contributed by atoms with Crippen LogP contribution in [-0.4, -0.2) is 54.1 Å². The van der Waals surface area contributed by atoms with Gasteiger partial charge in [0.05, 0.1) is 13.0 Å². The minimum Gasteiger partial charge on any atom is -0.465 e. The number of rotatable bonds is 9. The van der Waals surface area contributed by atoms with E-state index >= 15 is 0 Å². The molecule has 13 heteroatoms. The van der Waals surface area contributed by atoms with Crippen molar-refractivity contribution in [1.82, 2.24) is 0 Å². The number of fused-ring (bicyclic) bond motifs is 5. The van der Waals surface area contributed by atoms with Crippen LogP contribution < -0.4 is 0 Å². The summed E-state index contributed by atoms with van der Waals surface area (Å²) >= 11 is 0. The van der Waals surface area contributed by atoms with Gasteiger partial charge in [0.2, 0.25) is 0 Å². The summed E-state index contributed by atoms with van der Waals surface area (Å²) in [4.78, 5) is 51.6. The van der Waals surface area contributed by atoms with E-state index in [1.165, 1.54) is 0 Å². The van der Waals surface area contributed by atoms with Gasteiger partial charge in [-0.3, -0.25) is 23.7 Å². The van der Waals surface area contributed by atoms with Gasteiger partial charge in [-0.25, -0.2) is 0 Å². The van der Waals surface area contributed by atoms with E-state index in [1.807, 2.05) is 13.8 Å². The molecule has 4 saturated carbocycles. The number of esters is 1. The molecule has 0 amide bonds. The molecule has 1 N–H and O–H groups in total. The molecule has 4 aliphatic rings. The molecule has 4 aliphatic carbocycles. The SMILES string of the molecule is C[C@H](CCC(=O)OCCC(F)(F)C(F)(F)S(=O)(=O)O)[C@H]1CCC2[C@@H]3C(=O)CC4CC(=O)CC[C@]4(C)C3CC(=O)[C@@]21C. The van der Waals surface area contributed by atoms with Crippen LogP contribution in [0.15, 0.2) is 0 Å². The second-order valence-electron chi connectivity index (χ2n) is 13.1. The van der Waals surface area contributed by atoms with Gasteiger partial charge in [-0.15, -0.1) is 0 Å². The zero-order valence-electron chi connectivity index (χ0n) is 23.5. The largest absolute Gasteiger partial charge is 0.465 e. The summed E-state index contributed by atoms with van der Waals surface area (Å²) in [5, 5.41) is -5.73. The monoisotopic (exact) mass is 610 g/mol. The van der Waals surface area contributed by atoms with Gasteiger partial charge < -0.3 is 4.74 Å². The Bertz CT molecular complexity index is 1220. The maximum absolute atomic E-state index is 13.8. The Morgan fingerprint density at radius 1 is 1.07 bits per heavy atom. The molecule has 41 heavy (non-hydrogen) atoms. The number of hydrogen-bond donors (Lipinski definition) is 1. The average molecular weight is 611 g/mol. The highest BCUT2D eigenvalue weighted by molar-refractivity contribution is 7.87. The van der Waals surface area contributed by atoms with Crippen molar-refractivity contribution in [1.29, 1.82) is 0 Å². The highest BCUT2D eigenvalue weighted by Gasteiger charge is 2.67.